The number of hydrogen-bond donors (Lipinski definition) is 1. The Morgan fingerprint density at radius 1 is 1.56 bits per heavy atom. The van der Waals surface area contributed by atoms with Crippen LogP contribution in [0.5, 0.6) is 0 Å². The Hall–Kier alpha value is -1.82. The molecule has 0 aliphatic rings. The van der Waals surface area contributed by atoms with Gasteiger partial charge in [-0.15, -0.1) is 11.3 Å². The van der Waals surface area contributed by atoms with Gasteiger partial charge in [0.15, 0.2) is 0 Å². The van der Waals surface area contributed by atoms with Crippen molar-refractivity contribution in [2.24, 2.45) is 7.05 Å². The van der Waals surface area contributed by atoms with Crippen LogP contribution in [0.25, 0.3) is 0 Å². The molecule has 2 rings (SSSR count). The normalized spacial score (nSPS) is 10.6. The maximum atomic E-state index is 11.8. The van der Waals surface area contributed by atoms with Crippen LogP contribution in [0.15, 0.2) is 26.8 Å². The van der Waals surface area contributed by atoms with Crippen LogP contribution in [0.1, 0.15) is 20.9 Å². The first kappa shape index (κ1) is 12.6. The third-order valence-electron chi connectivity index (χ3n) is 2.72. The summed E-state index contributed by atoms with van der Waals surface area (Å²) in [6, 6.07) is 3.98. The van der Waals surface area contributed by atoms with Crippen molar-refractivity contribution >= 4 is 17.2 Å². The van der Waals surface area contributed by atoms with Gasteiger partial charge in [0.1, 0.15) is 5.56 Å². The fraction of sp³-hybridized carbons (Fsp3) is 0.333. The molecule has 5 nitrogen and oxygen atoms in total. The Labute approximate surface area is 108 Å². The second-order valence-electron chi connectivity index (χ2n) is 3.92. The van der Waals surface area contributed by atoms with E-state index in [1.807, 2.05) is 17.5 Å². The summed E-state index contributed by atoms with van der Waals surface area (Å²) in [5.41, 5.74) is 0.0286. The van der Waals surface area contributed by atoms with E-state index in [9.17, 15) is 9.59 Å². The van der Waals surface area contributed by atoms with E-state index in [0.717, 1.165) is 6.42 Å². The first-order valence-corrected chi connectivity index (χ1v) is 6.45. The van der Waals surface area contributed by atoms with Crippen molar-refractivity contribution in [3.63, 3.8) is 0 Å². The largest absolute Gasteiger partial charge is 0.370 e. The second kappa shape index (κ2) is 5.22. The smallest absolute Gasteiger partial charge is 0.351 e. The van der Waals surface area contributed by atoms with Crippen LogP contribution in [0.4, 0.5) is 0 Å². The van der Waals surface area contributed by atoms with Crippen LogP contribution in [0, 0.1) is 6.92 Å². The highest BCUT2D eigenvalue weighted by Crippen LogP contribution is 2.08. The second-order valence-corrected chi connectivity index (χ2v) is 4.95. The maximum absolute atomic E-state index is 11.8. The number of rotatable bonds is 4. The van der Waals surface area contributed by atoms with E-state index in [4.69, 9.17) is 4.52 Å². The summed E-state index contributed by atoms with van der Waals surface area (Å²) < 4.78 is 6.12. The molecule has 0 saturated carbocycles. The highest BCUT2D eigenvalue weighted by atomic mass is 32.1. The Morgan fingerprint density at radius 3 is 2.89 bits per heavy atom. The average molecular weight is 266 g/mol. The van der Waals surface area contributed by atoms with Crippen LogP contribution in [0.2, 0.25) is 0 Å². The van der Waals surface area contributed by atoms with Crippen LogP contribution in [0.3, 0.4) is 0 Å². The fourth-order valence-electron chi connectivity index (χ4n) is 1.64. The van der Waals surface area contributed by atoms with Crippen molar-refractivity contribution < 1.29 is 9.32 Å². The monoisotopic (exact) mass is 266 g/mol. The lowest BCUT2D eigenvalue weighted by Crippen LogP contribution is -2.29. The third-order valence-corrected chi connectivity index (χ3v) is 3.66. The number of thiophene rings is 1. The van der Waals surface area contributed by atoms with Crippen molar-refractivity contribution in [1.29, 1.82) is 0 Å². The lowest BCUT2D eigenvalue weighted by atomic mass is 10.2. The summed E-state index contributed by atoms with van der Waals surface area (Å²) >= 11 is 1.65. The molecule has 0 aromatic carbocycles. The van der Waals surface area contributed by atoms with Gasteiger partial charge < -0.3 is 9.84 Å². The van der Waals surface area contributed by atoms with Crippen molar-refractivity contribution in [3.8, 4) is 0 Å². The topological polar surface area (TPSA) is 64.2 Å². The zero-order valence-electron chi connectivity index (χ0n) is 10.2. The zero-order chi connectivity index (χ0) is 13.1. The van der Waals surface area contributed by atoms with Crippen LogP contribution < -0.4 is 10.9 Å². The van der Waals surface area contributed by atoms with Gasteiger partial charge >= 0.3 is 5.63 Å². The number of carbonyl (C=O) groups excluding carboxylic acids is 1. The van der Waals surface area contributed by atoms with E-state index in [-0.39, 0.29) is 11.5 Å². The number of aromatic nitrogens is 1. The number of nitrogens with zero attached hydrogens (tertiary/aromatic N) is 1. The Morgan fingerprint density at radius 2 is 2.33 bits per heavy atom. The van der Waals surface area contributed by atoms with Gasteiger partial charge in [-0.1, -0.05) is 6.07 Å². The number of hydrogen-bond acceptors (Lipinski definition) is 4. The summed E-state index contributed by atoms with van der Waals surface area (Å²) in [5, 5.41) is 4.72. The molecule has 2 heterocycles. The van der Waals surface area contributed by atoms with Gasteiger partial charge in [0.2, 0.25) is 0 Å². The standard InChI is InChI=1S/C12H14N2O3S/c1-8-10(12(16)17-14(8)2)11(15)13-6-5-9-4-3-7-18-9/h3-4,7H,5-6H2,1-2H3,(H,13,15). The van der Waals surface area contributed by atoms with E-state index < -0.39 is 5.63 Å². The highest BCUT2D eigenvalue weighted by molar-refractivity contribution is 7.09. The number of amides is 1. The van der Waals surface area contributed by atoms with Crippen molar-refractivity contribution in [1.82, 2.24) is 10.1 Å². The summed E-state index contributed by atoms with van der Waals surface area (Å²) in [5.74, 6) is -0.376. The SMILES string of the molecule is Cc1c(C(=O)NCCc2cccs2)c(=O)on1C. The summed E-state index contributed by atoms with van der Waals surface area (Å²) in [4.78, 5) is 24.5. The molecule has 1 N–H and O–H groups in total. The Kier molecular flexibility index (Phi) is 3.66. The number of aryl methyl sites for hydroxylation is 1. The van der Waals surface area contributed by atoms with Crippen molar-refractivity contribution in [2.45, 2.75) is 13.3 Å². The van der Waals surface area contributed by atoms with Gasteiger partial charge in [-0.2, -0.15) is 0 Å². The molecule has 1 amide bonds. The maximum Gasteiger partial charge on any atom is 0.370 e. The van der Waals surface area contributed by atoms with Crippen molar-refractivity contribution in [3.05, 3.63) is 44.1 Å². The summed E-state index contributed by atoms with van der Waals surface area (Å²) in [7, 11) is 1.60. The predicted molar refractivity (Wildman–Crippen MR) is 69.0 cm³/mol. The number of carbonyl (C=O) groups is 1. The zero-order valence-corrected chi connectivity index (χ0v) is 11.0. The molecule has 6 heteroatoms. The van der Waals surface area contributed by atoms with Crippen LogP contribution >= 0.6 is 11.3 Å². The summed E-state index contributed by atoms with van der Waals surface area (Å²) in [6.45, 7) is 2.19. The molecule has 2 aromatic heterocycles. The van der Waals surface area contributed by atoms with E-state index in [1.54, 1.807) is 25.3 Å². The lowest BCUT2D eigenvalue weighted by Gasteiger charge is -2.02. The predicted octanol–water partition coefficient (Wildman–Crippen LogP) is 1.32. The lowest BCUT2D eigenvalue weighted by molar-refractivity contribution is 0.0951. The van der Waals surface area contributed by atoms with E-state index in [2.05, 4.69) is 5.32 Å². The molecule has 2 aromatic rings. The molecule has 0 atom stereocenters. The van der Waals surface area contributed by atoms with Crippen molar-refractivity contribution in [2.75, 3.05) is 6.54 Å². The van der Waals surface area contributed by atoms with Gasteiger partial charge in [0, 0.05) is 18.5 Å². The molecular formula is C12H14N2O3S. The van der Waals surface area contributed by atoms with Crippen LogP contribution in [-0.4, -0.2) is 17.2 Å². The molecule has 18 heavy (non-hydrogen) atoms. The quantitative estimate of drug-likeness (QED) is 0.907. The molecule has 0 aliphatic carbocycles. The first-order valence-electron chi connectivity index (χ1n) is 5.57. The molecule has 0 unspecified atom stereocenters. The molecule has 0 spiro atoms. The Balaban J connectivity index is 1.98. The molecule has 96 valence electrons. The van der Waals surface area contributed by atoms with E-state index in [1.165, 1.54) is 9.62 Å². The molecule has 0 aliphatic heterocycles. The highest BCUT2D eigenvalue weighted by Gasteiger charge is 2.18. The van der Waals surface area contributed by atoms with Gasteiger partial charge in [0.05, 0.1) is 5.69 Å². The van der Waals surface area contributed by atoms with Gasteiger partial charge in [-0.05, 0) is 24.8 Å². The van der Waals surface area contributed by atoms with Gasteiger partial charge in [-0.25, -0.2) is 9.53 Å². The average Bonchev–Trinajstić information content (AvgIpc) is 2.89. The third kappa shape index (κ3) is 2.53. The fourth-order valence-corrected chi connectivity index (χ4v) is 2.35. The molecule has 0 bridgehead atoms. The van der Waals surface area contributed by atoms with Gasteiger partial charge in [0.25, 0.3) is 5.91 Å². The van der Waals surface area contributed by atoms with Crippen LogP contribution in [-0.2, 0) is 13.5 Å². The molecular weight excluding hydrogens is 252 g/mol. The summed E-state index contributed by atoms with van der Waals surface area (Å²) in [6.07, 6.45) is 0.765. The molecule has 0 fully saturated rings. The Bertz CT molecular complexity index is 595. The molecule has 0 saturated heterocycles. The van der Waals surface area contributed by atoms with E-state index in [0.29, 0.717) is 12.2 Å². The number of nitrogens with one attached hydrogen (secondary N) is 1. The minimum absolute atomic E-state index is 0.0867. The minimum atomic E-state index is -0.594. The van der Waals surface area contributed by atoms with Gasteiger partial charge in [-0.3, -0.25) is 4.79 Å². The minimum Gasteiger partial charge on any atom is -0.351 e. The van der Waals surface area contributed by atoms with E-state index >= 15 is 0 Å². The first-order chi connectivity index (χ1) is 8.59. The molecule has 0 radical (unpaired) electrons.